The molecule has 0 amide bonds. The lowest BCUT2D eigenvalue weighted by molar-refractivity contribution is 0.569. The summed E-state index contributed by atoms with van der Waals surface area (Å²) in [7, 11) is 0. The highest BCUT2D eigenvalue weighted by atomic mass is 14.9. The standard InChI is InChI=1S/C9H12N2/c1-8(2)5-9(8)3-4-10-7-11-6-9/h3-4,6-7H,5H2,1-2H3. The minimum atomic E-state index is 0.212. The highest BCUT2D eigenvalue weighted by molar-refractivity contribution is 5.83. The molecule has 1 fully saturated rings. The van der Waals surface area contributed by atoms with Crippen LogP contribution in [0.4, 0.5) is 0 Å². The lowest BCUT2D eigenvalue weighted by atomic mass is 9.97. The van der Waals surface area contributed by atoms with Gasteiger partial charge in [0.1, 0.15) is 6.34 Å². The number of aliphatic imine (C=N–C) groups is 2. The fourth-order valence-corrected chi connectivity index (χ4v) is 1.65. The molecule has 1 heterocycles. The molecule has 0 radical (unpaired) electrons. The van der Waals surface area contributed by atoms with Crippen molar-refractivity contribution >= 4 is 12.6 Å². The van der Waals surface area contributed by atoms with E-state index in [1.807, 2.05) is 12.4 Å². The maximum atomic E-state index is 4.10. The molecule has 1 spiro atoms. The molecule has 1 atom stereocenters. The van der Waals surface area contributed by atoms with E-state index in [-0.39, 0.29) is 5.41 Å². The van der Waals surface area contributed by atoms with Gasteiger partial charge in [-0.1, -0.05) is 19.9 Å². The second-order valence-electron chi connectivity index (χ2n) is 3.96. The normalized spacial score (nSPS) is 37.6. The smallest absolute Gasteiger partial charge is 0.114 e. The van der Waals surface area contributed by atoms with Gasteiger partial charge in [0.15, 0.2) is 0 Å². The second-order valence-corrected chi connectivity index (χ2v) is 3.96. The molecular formula is C9H12N2. The maximum absolute atomic E-state index is 4.10. The Morgan fingerprint density at radius 3 is 2.64 bits per heavy atom. The molecule has 0 N–H and O–H groups in total. The molecule has 2 heteroatoms. The third-order valence-electron chi connectivity index (χ3n) is 2.77. The molecule has 0 aromatic rings. The Balaban J connectivity index is 2.31. The van der Waals surface area contributed by atoms with Gasteiger partial charge in [0, 0.05) is 17.8 Å². The number of allylic oxidation sites excluding steroid dienone is 1. The van der Waals surface area contributed by atoms with E-state index in [0.717, 1.165) is 0 Å². The predicted octanol–water partition coefficient (Wildman–Crippen LogP) is 2.03. The monoisotopic (exact) mass is 148 g/mol. The van der Waals surface area contributed by atoms with Crippen LogP contribution in [0.2, 0.25) is 0 Å². The molecule has 2 nitrogen and oxygen atoms in total. The van der Waals surface area contributed by atoms with Crippen LogP contribution in [-0.4, -0.2) is 12.6 Å². The molecule has 1 saturated carbocycles. The maximum Gasteiger partial charge on any atom is 0.114 e. The van der Waals surface area contributed by atoms with Crippen LogP contribution in [0.25, 0.3) is 0 Å². The van der Waals surface area contributed by atoms with Crippen LogP contribution in [0.15, 0.2) is 22.3 Å². The van der Waals surface area contributed by atoms with Gasteiger partial charge in [-0.15, -0.1) is 0 Å². The van der Waals surface area contributed by atoms with E-state index >= 15 is 0 Å². The van der Waals surface area contributed by atoms with Crippen LogP contribution in [-0.2, 0) is 0 Å². The highest BCUT2D eigenvalue weighted by Crippen LogP contribution is 2.63. The van der Waals surface area contributed by atoms with Gasteiger partial charge >= 0.3 is 0 Å². The zero-order valence-electron chi connectivity index (χ0n) is 6.91. The van der Waals surface area contributed by atoms with E-state index < -0.39 is 0 Å². The van der Waals surface area contributed by atoms with Gasteiger partial charge in [-0.05, 0) is 11.8 Å². The zero-order chi connectivity index (χ0) is 7.95. The van der Waals surface area contributed by atoms with Crippen molar-refractivity contribution in [3.63, 3.8) is 0 Å². The minimum absolute atomic E-state index is 0.212. The van der Waals surface area contributed by atoms with E-state index in [0.29, 0.717) is 5.41 Å². The first-order valence-electron chi connectivity index (χ1n) is 3.90. The summed E-state index contributed by atoms with van der Waals surface area (Å²) in [6, 6.07) is 0. The average molecular weight is 148 g/mol. The Bertz CT molecular complexity index is 243. The van der Waals surface area contributed by atoms with Gasteiger partial charge in [-0.25, -0.2) is 9.98 Å². The molecule has 0 aromatic heterocycles. The fraction of sp³-hybridized carbons (Fsp3) is 0.556. The molecule has 1 unspecified atom stereocenters. The molecule has 0 saturated heterocycles. The van der Waals surface area contributed by atoms with E-state index in [2.05, 4.69) is 29.9 Å². The molecule has 2 rings (SSSR count). The van der Waals surface area contributed by atoms with Crippen molar-refractivity contribution in [2.75, 3.05) is 0 Å². The summed E-state index contributed by atoms with van der Waals surface area (Å²) in [6.07, 6.45) is 8.81. The molecule has 58 valence electrons. The van der Waals surface area contributed by atoms with E-state index in [1.54, 1.807) is 6.34 Å². The van der Waals surface area contributed by atoms with Crippen molar-refractivity contribution in [1.82, 2.24) is 0 Å². The van der Waals surface area contributed by atoms with Gasteiger partial charge < -0.3 is 0 Å². The van der Waals surface area contributed by atoms with Crippen molar-refractivity contribution in [2.24, 2.45) is 20.8 Å². The lowest BCUT2D eigenvalue weighted by Crippen LogP contribution is -2.06. The quantitative estimate of drug-likeness (QED) is 0.502. The van der Waals surface area contributed by atoms with Crippen molar-refractivity contribution in [3.8, 4) is 0 Å². The van der Waals surface area contributed by atoms with E-state index in [9.17, 15) is 0 Å². The largest absolute Gasteiger partial charge is 0.248 e. The first-order chi connectivity index (χ1) is 5.16. The average Bonchev–Trinajstić information content (AvgIpc) is 2.54. The summed E-state index contributed by atoms with van der Waals surface area (Å²) in [4.78, 5) is 8.07. The summed E-state index contributed by atoms with van der Waals surface area (Å²) in [6.45, 7) is 4.52. The summed E-state index contributed by atoms with van der Waals surface area (Å²) in [5, 5.41) is 0. The number of nitrogens with zero attached hydrogens (tertiary/aromatic N) is 2. The molecule has 11 heavy (non-hydrogen) atoms. The molecule has 0 bridgehead atoms. The minimum Gasteiger partial charge on any atom is -0.248 e. The number of hydrogen-bond acceptors (Lipinski definition) is 2. The first kappa shape index (κ1) is 6.77. The topological polar surface area (TPSA) is 24.7 Å². The molecule has 1 aliphatic heterocycles. The molecule has 0 aromatic carbocycles. The van der Waals surface area contributed by atoms with Gasteiger partial charge in [0.05, 0.1) is 0 Å². The van der Waals surface area contributed by atoms with Crippen molar-refractivity contribution in [2.45, 2.75) is 20.3 Å². The van der Waals surface area contributed by atoms with Gasteiger partial charge in [-0.2, -0.15) is 0 Å². The van der Waals surface area contributed by atoms with Crippen LogP contribution < -0.4 is 0 Å². The third kappa shape index (κ3) is 0.854. The summed E-state index contributed by atoms with van der Waals surface area (Å²) in [5.74, 6) is 0. The second kappa shape index (κ2) is 1.81. The van der Waals surface area contributed by atoms with Crippen molar-refractivity contribution in [1.29, 1.82) is 0 Å². The Morgan fingerprint density at radius 2 is 2.00 bits per heavy atom. The van der Waals surface area contributed by atoms with Crippen LogP contribution >= 0.6 is 0 Å². The Labute approximate surface area is 66.7 Å². The fourth-order valence-electron chi connectivity index (χ4n) is 1.65. The van der Waals surface area contributed by atoms with E-state index in [1.165, 1.54) is 6.42 Å². The van der Waals surface area contributed by atoms with Crippen LogP contribution in [0.5, 0.6) is 0 Å². The Kier molecular flexibility index (Phi) is 1.12. The van der Waals surface area contributed by atoms with E-state index in [4.69, 9.17) is 0 Å². The molecular weight excluding hydrogens is 136 g/mol. The first-order valence-corrected chi connectivity index (χ1v) is 3.90. The van der Waals surface area contributed by atoms with Crippen molar-refractivity contribution < 1.29 is 0 Å². The van der Waals surface area contributed by atoms with Gasteiger partial charge in [0.25, 0.3) is 0 Å². The lowest BCUT2D eigenvalue weighted by Gasteiger charge is -2.07. The summed E-state index contributed by atoms with van der Waals surface area (Å²) in [5.41, 5.74) is 0.601. The Hall–Kier alpha value is -0.920. The SMILES string of the molecule is CC1(C)CC12C=CN=CN=C2. The Morgan fingerprint density at radius 1 is 1.27 bits per heavy atom. The van der Waals surface area contributed by atoms with Crippen LogP contribution in [0.3, 0.4) is 0 Å². The van der Waals surface area contributed by atoms with Crippen LogP contribution in [0.1, 0.15) is 20.3 Å². The third-order valence-corrected chi connectivity index (χ3v) is 2.77. The zero-order valence-corrected chi connectivity index (χ0v) is 6.91. The van der Waals surface area contributed by atoms with Gasteiger partial charge in [0.2, 0.25) is 0 Å². The number of hydrogen-bond donors (Lipinski definition) is 0. The molecule has 2 aliphatic rings. The number of rotatable bonds is 0. The van der Waals surface area contributed by atoms with Gasteiger partial charge in [-0.3, -0.25) is 0 Å². The van der Waals surface area contributed by atoms with Crippen LogP contribution in [0, 0.1) is 10.8 Å². The summed E-state index contributed by atoms with van der Waals surface area (Å²) >= 11 is 0. The molecule has 1 aliphatic carbocycles. The highest BCUT2D eigenvalue weighted by Gasteiger charge is 2.58. The predicted molar refractivity (Wildman–Crippen MR) is 47.0 cm³/mol. The summed E-state index contributed by atoms with van der Waals surface area (Å²) < 4.78 is 0. The van der Waals surface area contributed by atoms with Crippen molar-refractivity contribution in [3.05, 3.63) is 12.3 Å².